The maximum Gasteiger partial charge on any atom is 0.348 e. The van der Waals surface area contributed by atoms with E-state index < -0.39 is 28.3 Å². The summed E-state index contributed by atoms with van der Waals surface area (Å²) in [6, 6.07) is 7.83. The van der Waals surface area contributed by atoms with Crippen molar-refractivity contribution < 1.29 is 22.7 Å². The van der Waals surface area contributed by atoms with Gasteiger partial charge in [0.05, 0.1) is 4.90 Å². The number of thiophene rings is 1. The number of esters is 1. The van der Waals surface area contributed by atoms with Gasteiger partial charge in [-0.1, -0.05) is 18.9 Å². The molecule has 0 saturated heterocycles. The van der Waals surface area contributed by atoms with Crippen molar-refractivity contribution in [2.24, 2.45) is 0 Å². The van der Waals surface area contributed by atoms with Crippen molar-refractivity contribution in [3.8, 4) is 0 Å². The highest BCUT2D eigenvalue weighted by Crippen LogP contribution is 2.29. The van der Waals surface area contributed by atoms with E-state index >= 15 is 0 Å². The molecule has 150 valence electrons. The lowest BCUT2D eigenvalue weighted by atomic mass is 10.00. The standard InChI is InChI=1S/C20H23NO5S2/c1-28(24,25)16-9-6-8-15(12-16)21-19(22)13-26-20(23)18-11-14-7-4-2-3-5-10-17(14)27-18/h6,8-9,11-12H,2-5,7,10,13H2,1H3,(H,21,22). The fourth-order valence-electron chi connectivity index (χ4n) is 3.15. The van der Waals surface area contributed by atoms with Crippen LogP contribution in [-0.4, -0.2) is 33.2 Å². The number of ether oxygens (including phenoxy) is 1. The zero-order valence-corrected chi connectivity index (χ0v) is 17.3. The van der Waals surface area contributed by atoms with Crippen molar-refractivity contribution >= 4 is 38.7 Å². The third kappa shape index (κ3) is 5.42. The second kappa shape index (κ2) is 8.87. The van der Waals surface area contributed by atoms with Crippen LogP contribution < -0.4 is 5.32 Å². The predicted molar refractivity (Wildman–Crippen MR) is 109 cm³/mol. The topological polar surface area (TPSA) is 89.5 Å². The lowest BCUT2D eigenvalue weighted by Crippen LogP contribution is -2.20. The van der Waals surface area contributed by atoms with E-state index in [0.717, 1.165) is 31.9 Å². The fourth-order valence-corrected chi connectivity index (χ4v) is 4.96. The quantitative estimate of drug-likeness (QED) is 0.745. The lowest BCUT2D eigenvalue weighted by Gasteiger charge is -2.07. The Kier molecular flexibility index (Phi) is 6.51. The predicted octanol–water partition coefficient (Wildman–Crippen LogP) is 3.61. The van der Waals surface area contributed by atoms with Gasteiger partial charge in [-0.2, -0.15) is 0 Å². The number of rotatable bonds is 5. The van der Waals surface area contributed by atoms with Gasteiger partial charge in [0.1, 0.15) is 4.88 Å². The molecule has 1 aromatic carbocycles. The van der Waals surface area contributed by atoms with Crippen LogP contribution in [0.2, 0.25) is 0 Å². The van der Waals surface area contributed by atoms with Crippen molar-refractivity contribution in [2.75, 3.05) is 18.2 Å². The molecule has 1 amide bonds. The van der Waals surface area contributed by atoms with Crippen LogP contribution in [0.5, 0.6) is 0 Å². The van der Waals surface area contributed by atoms with E-state index in [2.05, 4.69) is 5.32 Å². The number of benzene rings is 1. The molecule has 3 rings (SSSR count). The smallest absolute Gasteiger partial charge is 0.348 e. The molecule has 1 aliphatic carbocycles. The molecule has 0 radical (unpaired) electrons. The highest BCUT2D eigenvalue weighted by Gasteiger charge is 2.18. The second-order valence-electron chi connectivity index (χ2n) is 6.90. The first-order valence-corrected chi connectivity index (χ1v) is 11.9. The molecule has 1 N–H and O–H groups in total. The molecular weight excluding hydrogens is 398 g/mol. The van der Waals surface area contributed by atoms with E-state index in [1.54, 1.807) is 12.1 Å². The van der Waals surface area contributed by atoms with Crippen molar-refractivity contribution in [3.05, 3.63) is 45.6 Å². The normalized spacial score (nSPS) is 14.5. The first-order valence-electron chi connectivity index (χ1n) is 9.21. The summed E-state index contributed by atoms with van der Waals surface area (Å²) in [5.41, 5.74) is 1.56. The minimum absolute atomic E-state index is 0.110. The van der Waals surface area contributed by atoms with Gasteiger partial charge < -0.3 is 10.1 Å². The van der Waals surface area contributed by atoms with Gasteiger partial charge in [0, 0.05) is 16.8 Å². The monoisotopic (exact) mass is 421 g/mol. The van der Waals surface area contributed by atoms with E-state index in [-0.39, 0.29) is 4.90 Å². The fraction of sp³-hybridized carbons (Fsp3) is 0.400. The number of anilines is 1. The highest BCUT2D eigenvalue weighted by molar-refractivity contribution is 7.90. The minimum atomic E-state index is -3.37. The van der Waals surface area contributed by atoms with Crippen LogP contribution in [0.25, 0.3) is 0 Å². The number of aryl methyl sites for hydroxylation is 2. The Balaban J connectivity index is 1.57. The number of hydrogen-bond donors (Lipinski definition) is 1. The Morgan fingerprint density at radius 3 is 2.61 bits per heavy atom. The van der Waals surface area contributed by atoms with Gasteiger partial charge in [0.15, 0.2) is 16.4 Å². The molecule has 1 aromatic heterocycles. The Labute approximate surface area is 168 Å². The maximum absolute atomic E-state index is 12.3. The average molecular weight is 422 g/mol. The van der Waals surface area contributed by atoms with Crippen LogP contribution in [0, 0.1) is 0 Å². The molecule has 1 heterocycles. The summed E-state index contributed by atoms with van der Waals surface area (Å²) in [7, 11) is -3.37. The largest absolute Gasteiger partial charge is 0.451 e. The van der Waals surface area contributed by atoms with E-state index in [1.807, 2.05) is 6.07 Å². The summed E-state index contributed by atoms with van der Waals surface area (Å²) in [5.74, 6) is -1.02. The number of amides is 1. The summed E-state index contributed by atoms with van der Waals surface area (Å²) in [6.07, 6.45) is 7.78. The van der Waals surface area contributed by atoms with Crippen LogP contribution in [0.15, 0.2) is 35.2 Å². The van der Waals surface area contributed by atoms with Gasteiger partial charge in [-0.3, -0.25) is 4.79 Å². The Hall–Kier alpha value is -2.19. The van der Waals surface area contributed by atoms with Crippen molar-refractivity contribution in [2.45, 2.75) is 43.4 Å². The SMILES string of the molecule is CS(=O)(=O)c1cccc(NC(=O)COC(=O)c2cc3c(s2)CCCCCC3)c1. The summed E-state index contributed by atoms with van der Waals surface area (Å²) >= 11 is 1.45. The van der Waals surface area contributed by atoms with Crippen LogP contribution in [0.4, 0.5) is 5.69 Å². The number of fused-ring (bicyclic) bond motifs is 1. The number of nitrogens with one attached hydrogen (secondary N) is 1. The van der Waals surface area contributed by atoms with E-state index in [1.165, 1.54) is 46.8 Å². The van der Waals surface area contributed by atoms with Crippen LogP contribution in [0.3, 0.4) is 0 Å². The lowest BCUT2D eigenvalue weighted by molar-refractivity contribution is -0.119. The molecule has 28 heavy (non-hydrogen) atoms. The number of carbonyl (C=O) groups is 2. The van der Waals surface area contributed by atoms with Gasteiger partial charge in [-0.15, -0.1) is 11.3 Å². The minimum Gasteiger partial charge on any atom is -0.451 e. The molecular formula is C20H23NO5S2. The van der Waals surface area contributed by atoms with Crippen molar-refractivity contribution in [1.29, 1.82) is 0 Å². The van der Waals surface area contributed by atoms with Crippen molar-refractivity contribution in [1.82, 2.24) is 0 Å². The average Bonchev–Trinajstić information content (AvgIpc) is 3.01. The van der Waals surface area contributed by atoms with Gasteiger partial charge >= 0.3 is 5.97 Å². The molecule has 2 aromatic rings. The zero-order valence-electron chi connectivity index (χ0n) is 15.7. The molecule has 0 aliphatic heterocycles. The van der Waals surface area contributed by atoms with E-state index in [4.69, 9.17) is 4.74 Å². The summed E-state index contributed by atoms with van der Waals surface area (Å²) < 4.78 is 28.3. The van der Waals surface area contributed by atoms with Gasteiger partial charge in [0.2, 0.25) is 0 Å². The summed E-state index contributed by atoms with van der Waals surface area (Å²) in [5, 5.41) is 2.55. The molecule has 0 bridgehead atoms. The van der Waals surface area contributed by atoms with Crippen LogP contribution >= 0.6 is 11.3 Å². The van der Waals surface area contributed by atoms with Crippen LogP contribution in [-0.2, 0) is 32.2 Å². The molecule has 6 nitrogen and oxygen atoms in total. The Morgan fingerprint density at radius 2 is 1.86 bits per heavy atom. The third-order valence-electron chi connectivity index (χ3n) is 4.58. The molecule has 1 aliphatic rings. The second-order valence-corrected chi connectivity index (χ2v) is 10.1. The first-order chi connectivity index (χ1) is 13.3. The van der Waals surface area contributed by atoms with Crippen molar-refractivity contribution in [3.63, 3.8) is 0 Å². The van der Waals surface area contributed by atoms with E-state index in [0.29, 0.717) is 10.6 Å². The molecule has 0 saturated carbocycles. The zero-order chi connectivity index (χ0) is 20.1. The Bertz CT molecular complexity index is 953. The van der Waals surface area contributed by atoms with Gasteiger partial charge in [-0.25, -0.2) is 13.2 Å². The third-order valence-corrected chi connectivity index (χ3v) is 6.91. The van der Waals surface area contributed by atoms with E-state index in [9.17, 15) is 18.0 Å². The molecule has 0 fully saturated rings. The Morgan fingerprint density at radius 1 is 1.11 bits per heavy atom. The summed E-state index contributed by atoms with van der Waals surface area (Å²) in [6.45, 7) is -0.426. The summed E-state index contributed by atoms with van der Waals surface area (Å²) in [4.78, 5) is 26.2. The highest BCUT2D eigenvalue weighted by atomic mass is 32.2. The van der Waals surface area contributed by atoms with Gasteiger partial charge in [0.25, 0.3) is 5.91 Å². The van der Waals surface area contributed by atoms with Gasteiger partial charge in [-0.05, 0) is 55.5 Å². The van der Waals surface area contributed by atoms with Crippen LogP contribution in [0.1, 0.15) is 45.8 Å². The first kappa shape index (κ1) is 20.5. The number of sulfone groups is 1. The molecule has 8 heteroatoms. The number of carbonyl (C=O) groups excluding carboxylic acids is 2. The number of hydrogen-bond acceptors (Lipinski definition) is 6. The maximum atomic E-state index is 12.3. The molecule has 0 unspecified atom stereocenters. The molecule has 0 spiro atoms. The molecule has 0 atom stereocenters.